The van der Waals surface area contributed by atoms with Gasteiger partial charge >= 0.3 is 0 Å². The molecule has 1 atom stereocenters. The van der Waals surface area contributed by atoms with E-state index in [2.05, 4.69) is 29.8 Å². The van der Waals surface area contributed by atoms with Crippen LogP contribution >= 0.6 is 46.8 Å². The molecule has 0 aromatic carbocycles. The molecule has 0 spiro atoms. The summed E-state index contributed by atoms with van der Waals surface area (Å²) in [6.07, 6.45) is 3.27. The van der Waals surface area contributed by atoms with Gasteiger partial charge in [0.15, 0.2) is 0 Å². The molecule has 2 aromatic heterocycles. The molecule has 3 nitrogen and oxygen atoms in total. The standard InChI is InChI=1S/C17H24N2OS3.ClH/c1-2-3-6-14(18)13-23-17(20)19(11-15-7-4-9-21-15)12-16-8-5-10-22-16;/h4-5,7-10,14H,2-3,6,11-13,18H2,1H3;1H/t14-;/m0./s1. The molecule has 2 rings (SSSR count). The molecule has 0 saturated heterocycles. The highest BCUT2D eigenvalue weighted by molar-refractivity contribution is 8.13. The van der Waals surface area contributed by atoms with Crippen LogP contribution in [-0.2, 0) is 13.1 Å². The molecule has 0 fully saturated rings. The molecule has 0 aliphatic heterocycles. The first-order valence-corrected chi connectivity index (χ1v) is 10.7. The van der Waals surface area contributed by atoms with Crippen molar-refractivity contribution in [2.45, 2.75) is 45.3 Å². The molecule has 134 valence electrons. The SMILES string of the molecule is CCCC[C@H](N)CSC(=O)N(Cc1cccs1)Cc1cccs1.Cl. The van der Waals surface area contributed by atoms with Crippen LogP contribution in [0.2, 0.25) is 0 Å². The Labute approximate surface area is 163 Å². The number of unbranched alkanes of at least 4 members (excludes halogenated alkanes) is 1. The zero-order valence-electron chi connectivity index (χ0n) is 13.8. The van der Waals surface area contributed by atoms with Crippen molar-refractivity contribution >= 4 is 52.1 Å². The van der Waals surface area contributed by atoms with E-state index in [1.165, 1.54) is 21.5 Å². The van der Waals surface area contributed by atoms with Gasteiger partial charge in [-0.05, 0) is 29.3 Å². The Bertz CT molecular complexity index is 524. The van der Waals surface area contributed by atoms with Crippen molar-refractivity contribution in [1.29, 1.82) is 0 Å². The van der Waals surface area contributed by atoms with Crippen molar-refractivity contribution in [3.63, 3.8) is 0 Å². The molecule has 0 aliphatic carbocycles. The third-order valence-electron chi connectivity index (χ3n) is 3.46. The third kappa shape index (κ3) is 7.57. The van der Waals surface area contributed by atoms with Gasteiger partial charge in [-0.2, -0.15) is 0 Å². The largest absolute Gasteiger partial charge is 0.327 e. The fourth-order valence-electron chi connectivity index (χ4n) is 2.19. The summed E-state index contributed by atoms with van der Waals surface area (Å²) in [6, 6.07) is 8.33. The van der Waals surface area contributed by atoms with Gasteiger partial charge in [0.25, 0.3) is 5.24 Å². The van der Waals surface area contributed by atoms with Crippen LogP contribution in [0.5, 0.6) is 0 Å². The van der Waals surface area contributed by atoms with E-state index >= 15 is 0 Å². The molecule has 0 bridgehead atoms. The highest BCUT2D eigenvalue weighted by Gasteiger charge is 2.17. The first-order chi connectivity index (χ1) is 11.2. The van der Waals surface area contributed by atoms with E-state index in [0.717, 1.165) is 19.3 Å². The maximum Gasteiger partial charge on any atom is 0.282 e. The second kappa shape index (κ2) is 11.9. The lowest BCUT2D eigenvalue weighted by Crippen LogP contribution is -2.29. The van der Waals surface area contributed by atoms with Gasteiger partial charge in [0, 0.05) is 21.5 Å². The molecule has 7 heteroatoms. The molecular formula is C17H25ClN2OS3. The lowest BCUT2D eigenvalue weighted by molar-refractivity contribution is 0.219. The summed E-state index contributed by atoms with van der Waals surface area (Å²) in [5.74, 6) is 0.699. The van der Waals surface area contributed by atoms with Crippen LogP contribution in [-0.4, -0.2) is 21.9 Å². The number of hydrogen-bond acceptors (Lipinski definition) is 5. The van der Waals surface area contributed by atoms with Gasteiger partial charge in [0.1, 0.15) is 0 Å². The summed E-state index contributed by atoms with van der Waals surface area (Å²) >= 11 is 4.74. The number of carbonyl (C=O) groups excluding carboxylic acids is 1. The molecule has 0 radical (unpaired) electrons. The summed E-state index contributed by atoms with van der Waals surface area (Å²) in [4.78, 5) is 17.0. The molecule has 2 heterocycles. The van der Waals surface area contributed by atoms with Crippen molar-refractivity contribution < 1.29 is 4.79 Å². The fourth-order valence-corrected chi connectivity index (χ4v) is 4.46. The number of carbonyl (C=O) groups is 1. The quantitative estimate of drug-likeness (QED) is 0.591. The van der Waals surface area contributed by atoms with E-state index in [1.54, 1.807) is 22.7 Å². The number of amides is 1. The van der Waals surface area contributed by atoms with Crippen molar-refractivity contribution in [1.82, 2.24) is 4.90 Å². The second-order valence-electron chi connectivity index (χ2n) is 5.49. The molecule has 1 amide bonds. The van der Waals surface area contributed by atoms with Gasteiger partial charge in [0.2, 0.25) is 0 Å². The first-order valence-electron chi connectivity index (χ1n) is 7.91. The minimum atomic E-state index is 0. The van der Waals surface area contributed by atoms with E-state index in [9.17, 15) is 4.79 Å². The predicted octanol–water partition coefficient (Wildman–Crippen LogP) is 5.60. The summed E-state index contributed by atoms with van der Waals surface area (Å²) in [5, 5.41) is 4.23. The van der Waals surface area contributed by atoms with Gasteiger partial charge in [-0.25, -0.2) is 0 Å². The Balaban J connectivity index is 0.00000288. The predicted molar refractivity (Wildman–Crippen MR) is 110 cm³/mol. The van der Waals surface area contributed by atoms with Crippen LogP contribution in [0.3, 0.4) is 0 Å². The highest BCUT2D eigenvalue weighted by Crippen LogP contribution is 2.21. The van der Waals surface area contributed by atoms with Crippen LogP contribution in [0, 0.1) is 0 Å². The Morgan fingerprint density at radius 1 is 1.21 bits per heavy atom. The van der Waals surface area contributed by atoms with E-state index in [4.69, 9.17) is 5.73 Å². The average molecular weight is 405 g/mol. The van der Waals surface area contributed by atoms with Crippen molar-refractivity contribution in [3.8, 4) is 0 Å². The average Bonchev–Trinajstić information content (AvgIpc) is 3.23. The third-order valence-corrected chi connectivity index (χ3v) is 6.28. The maximum atomic E-state index is 12.6. The zero-order valence-corrected chi connectivity index (χ0v) is 17.1. The van der Waals surface area contributed by atoms with E-state index in [1.807, 2.05) is 17.0 Å². The number of nitrogens with two attached hydrogens (primary N) is 1. The molecule has 0 unspecified atom stereocenters. The van der Waals surface area contributed by atoms with Gasteiger partial charge in [-0.1, -0.05) is 43.7 Å². The summed E-state index contributed by atoms with van der Waals surface area (Å²) < 4.78 is 0. The van der Waals surface area contributed by atoms with E-state index < -0.39 is 0 Å². The van der Waals surface area contributed by atoms with Crippen LogP contribution in [0.25, 0.3) is 0 Å². The highest BCUT2D eigenvalue weighted by atomic mass is 35.5. The smallest absolute Gasteiger partial charge is 0.282 e. The number of hydrogen-bond donors (Lipinski definition) is 1. The fraction of sp³-hybridized carbons (Fsp3) is 0.471. The normalized spacial score (nSPS) is 11.8. The van der Waals surface area contributed by atoms with Crippen LogP contribution in [0.1, 0.15) is 35.9 Å². The molecule has 24 heavy (non-hydrogen) atoms. The number of thioether (sulfide) groups is 1. The van der Waals surface area contributed by atoms with Crippen molar-refractivity contribution in [2.24, 2.45) is 5.73 Å². The molecule has 2 aromatic rings. The van der Waals surface area contributed by atoms with E-state index in [0.29, 0.717) is 18.8 Å². The van der Waals surface area contributed by atoms with Gasteiger partial charge in [-0.3, -0.25) is 4.79 Å². The lowest BCUT2D eigenvalue weighted by Gasteiger charge is -2.22. The Morgan fingerprint density at radius 3 is 2.25 bits per heavy atom. The second-order valence-corrected chi connectivity index (χ2v) is 8.53. The maximum absolute atomic E-state index is 12.6. The van der Waals surface area contributed by atoms with E-state index in [-0.39, 0.29) is 23.7 Å². The van der Waals surface area contributed by atoms with Gasteiger partial charge < -0.3 is 10.6 Å². The number of rotatable bonds is 9. The van der Waals surface area contributed by atoms with Crippen LogP contribution in [0.15, 0.2) is 35.0 Å². The Hall–Kier alpha value is -0.530. The molecular weight excluding hydrogens is 380 g/mol. The summed E-state index contributed by atoms with van der Waals surface area (Å²) in [5.41, 5.74) is 6.09. The zero-order chi connectivity index (χ0) is 16.5. The van der Waals surface area contributed by atoms with Gasteiger partial charge in [-0.15, -0.1) is 35.1 Å². The minimum Gasteiger partial charge on any atom is -0.327 e. The van der Waals surface area contributed by atoms with Crippen LogP contribution in [0.4, 0.5) is 4.79 Å². The minimum absolute atomic E-state index is 0. The Morgan fingerprint density at radius 2 is 1.79 bits per heavy atom. The van der Waals surface area contributed by atoms with Gasteiger partial charge in [0.05, 0.1) is 13.1 Å². The lowest BCUT2D eigenvalue weighted by atomic mass is 10.2. The Kier molecular flexibility index (Phi) is 10.7. The monoisotopic (exact) mass is 404 g/mol. The molecule has 0 saturated carbocycles. The topological polar surface area (TPSA) is 46.3 Å². The molecule has 0 aliphatic rings. The summed E-state index contributed by atoms with van der Waals surface area (Å²) in [7, 11) is 0. The first kappa shape index (κ1) is 21.5. The summed E-state index contributed by atoms with van der Waals surface area (Å²) in [6.45, 7) is 3.51. The van der Waals surface area contributed by atoms with Crippen molar-refractivity contribution in [2.75, 3.05) is 5.75 Å². The van der Waals surface area contributed by atoms with Crippen LogP contribution < -0.4 is 5.73 Å². The molecule has 2 N–H and O–H groups in total. The number of thiophene rings is 2. The van der Waals surface area contributed by atoms with Crippen molar-refractivity contribution in [3.05, 3.63) is 44.8 Å². The number of halogens is 1. The number of nitrogens with zero attached hydrogens (tertiary/aromatic N) is 1.